The van der Waals surface area contributed by atoms with Gasteiger partial charge in [0.25, 0.3) is 0 Å². The van der Waals surface area contributed by atoms with Crippen molar-refractivity contribution in [1.29, 1.82) is 0 Å². The van der Waals surface area contributed by atoms with Crippen molar-refractivity contribution in [3.05, 3.63) is 24.3 Å². The summed E-state index contributed by atoms with van der Waals surface area (Å²) in [6.07, 6.45) is 3.32. The average molecular weight is 270 g/mol. The molecule has 0 saturated carbocycles. The van der Waals surface area contributed by atoms with Crippen molar-refractivity contribution in [1.82, 2.24) is 0 Å². The Hall–Kier alpha value is -1.40. The van der Waals surface area contributed by atoms with Crippen LogP contribution in [0.15, 0.2) is 29.2 Å². The lowest BCUT2D eigenvalue weighted by Gasteiger charge is -2.06. The molecule has 1 amide bonds. The van der Waals surface area contributed by atoms with Gasteiger partial charge in [0, 0.05) is 12.1 Å². The third kappa shape index (κ3) is 4.85. The van der Waals surface area contributed by atoms with Crippen molar-refractivity contribution in [2.75, 3.05) is 5.32 Å². The molecule has 1 rings (SSSR count). The molecule has 0 aliphatic heterocycles. The Bertz CT molecular complexity index is 512. The molecule has 1 aromatic carbocycles. The summed E-state index contributed by atoms with van der Waals surface area (Å²) in [6.45, 7) is 2.06. The normalized spacial score (nSPS) is 11.2. The first-order valence-corrected chi connectivity index (χ1v) is 7.41. The number of sulfonamides is 1. The molecular formula is C12H18N2O3S. The monoisotopic (exact) mass is 270 g/mol. The largest absolute Gasteiger partial charge is 0.326 e. The smallest absolute Gasteiger partial charge is 0.238 e. The predicted molar refractivity (Wildman–Crippen MR) is 70.6 cm³/mol. The maximum Gasteiger partial charge on any atom is 0.238 e. The standard InChI is InChI=1S/C12H18N2O3S/c1-2-3-4-8-12(15)14-10-6-5-7-11(9-10)18(13,16)17/h5-7,9H,2-4,8H2,1H3,(H,14,15)(H2,13,16,17). The maximum atomic E-state index is 11.6. The molecule has 5 nitrogen and oxygen atoms in total. The fraction of sp³-hybridized carbons (Fsp3) is 0.417. The number of nitrogens with two attached hydrogens (primary N) is 1. The summed E-state index contributed by atoms with van der Waals surface area (Å²) in [5.41, 5.74) is 0.447. The molecule has 0 aliphatic carbocycles. The number of amides is 1. The number of rotatable bonds is 6. The fourth-order valence-corrected chi connectivity index (χ4v) is 2.07. The van der Waals surface area contributed by atoms with Gasteiger partial charge in [-0.1, -0.05) is 25.8 Å². The van der Waals surface area contributed by atoms with E-state index in [1.807, 2.05) is 0 Å². The second kappa shape index (κ2) is 6.51. The van der Waals surface area contributed by atoms with E-state index >= 15 is 0 Å². The van der Waals surface area contributed by atoms with Crippen LogP contribution in [-0.2, 0) is 14.8 Å². The molecular weight excluding hydrogens is 252 g/mol. The lowest BCUT2D eigenvalue weighted by molar-refractivity contribution is -0.116. The number of carbonyl (C=O) groups excluding carboxylic acids is 1. The van der Waals surface area contributed by atoms with Crippen LogP contribution in [0.4, 0.5) is 5.69 Å². The Kier molecular flexibility index (Phi) is 5.30. The molecule has 18 heavy (non-hydrogen) atoms. The minimum absolute atomic E-state index is 0.00569. The van der Waals surface area contributed by atoms with Crippen LogP contribution in [0.2, 0.25) is 0 Å². The van der Waals surface area contributed by atoms with Crippen molar-refractivity contribution < 1.29 is 13.2 Å². The van der Waals surface area contributed by atoms with Crippen LogP contribution in [-0.4, -0.2) is 14.3 Å². The average Bonchev–Trinajstić information content (AvgIpc) is 2.28. The highest BCUT2D eigenvalue weighted by Gasteiger charge is 2.09. The van der Waals surface area contributed by atoms with Gasteiger partial charge in [0.15, 0.2) is 0 Å². The van der Waals surface area contributed by atoms with Crippen LogP contribution in [0.3, 0.4) is 0 Å². The molecule has 1 aromatic rings. The van der Waals surface area contributed by atoms with Gasteiger partial charge in [0.1, 0.15) is 0 Å². The van der Waals surface area contributed by atoms with E-state index in [1.54, 1.807) is 12.1 Å². The van der Waals surface area contributed by atoms with E-state index in [-0.39, 0.29) is 10.8 Å². The summed E-state index contributed by atoms with van der Waals surface area (Å²) in [5, 5.41) is 7.67. The minimum Gasteiger partial charge on any atom is -0.326 e. The highest BCUT2D eigenvalue weighted by Crippen LogP contribution is 2.14. The van der Waals surface area contributed by atoms with E-state index < -0.39 is 10.0 Å². The summed E-state index contributed by atoms with van der Waals surface area (Å²) in [4.78, 5) is 11.6. The lowest BCUT2D eigenvalue weighted by Crippen LogP contribution is -2.14. The predicted octanol–water partition coefficient (Wildman–Crippen LogP) is 1.85. The van der Waals surface area contributed by atoms with E-state index in [2.05, 4.69) is 12.2 Å². The molecule has 0 heterocycles. The van der Waals surface area contributed by atoms with Gasteiger partial charge in [-0.3, -0.25) is 4.79 Å². The molecule has 0 unspecified atom stereocenters. The topological polar surface area (TPSA) is 89.3 Å². The van der Waals surface area contributed by atoms with Gasteiger partial charge in [-0.15, -0.1) is 0 Å². The van der Waals surface area contributed by atoms with Gasteiger partial charge in [-0.25, -0.2) is 13.6 Å². The molecule has 0 aromatic heterocycles. The van der Waals surface area contributed by atoms with Crippen molar-refractivity contribution in [2.24, 2.45) is 5.14 Å². The van der Waals surface area contributed by atoms with E-state index in [0.717, 1.165) is 19.3 Å². The zero-order chi connectivity index (χ0) is 13.6. The number of primary sulfonamides is 1. The summed E-state index contributed by atoms with van der Waals surface area (Å²) in [6, 6.07) is 5.92. The highest BCUT2D eigenvalue weighted by atomic mass is 32.2. The number of benzene rings is 1. The van der Waals surface area contributed by atoms with Crippen molar-refractivity contribution in [3.63, 3.8) is 0 Å². The quantitative estimate of drug-likeness (QED) is 0.773. The first-order chi connectivity index (χ1) is 8.43. The molecule has 0 fully saturated rings. The minimum atomic E-state index is -3.73. The maximum absolute atomic E-state index is 11.6. The molecule has 6 heteroatoms. The fourth-order valence-electron chi connectivity index (χ4n) is 1.51. The molecule has 3 N–H and O–H groups in total. The Morgan fingerprint density at radius 1 is 1.33 bits per heavy atom. The molecule has 0 radical (unpaired) electrons. The first kappa shape index (κ1) is 14.7. The van der Waals surface area contributed by atoms with Crippen LogP contribution in [0.5, 0.6) is 0 Å². The highest BCUT2D eigenvalue weighted by molar-refractivity contribution is 7.89. The summed E-state index contributed by atoms with van der Waals surface area (Å²) < 4.78 is 22.3. The number of nitrogens with one attached hydrogen (secondary N) is 1. The van der Waals surface area contributed by atoms with E-state index in [4.69, 9.17) is 5.14 Å². The first-order valence-electron chi connectivity index (χ1n) is 5.86. The molecule has 0 atom stereocenters. The van der Waals surface area contributed by atoms with Crippen LogP contribution < -0.4 is 10.5 Å². The van der Waals surface area contributed by atoms with Crippen molar-refractivity contribution >= 4 is 21.6 Å². The van der Waals surface area contributed by atoms with Gasteiger partial charge in [-0.2, -0.15) is 0 Å². The molecule has 0 saturated heterocycles. The summed E-state index contributed by atoms with van der Waals surface area (Å²) in [5.74, 6) is -0.116. The zero-order valence-corrected chi connectivity index (χ0v) is 11.2. The van der Waals surface area contributed by atoms with Gasteiger partial charge < -0.3 is 5.32 Å². The molecule has 0 spiro atoms. The Morgan fingerprint density at radius 3 is 2.67 bits per heavy atom. The van der Waals surface area contributed by atoms with E-state index in [9.17, 15) is 13.2 Å². The Balaban J connectivity index is 2.65. The second-order valence-corrected chi connectivity index (χ2v) is 5.64. The Labute approximate surface area is 107 Å². The van der Waals surface area contributed by atoms with Gasteiger partial charge >= 0.3 is 0 Å². The summed E-state index contributed by atoms with van der Waals surface area (Å²) in [7, 11) is -3.73. The van der Waals surface area contributed by atoms with Crippen molar-refractivity contribution in [3.8, 4) is 0 Å². The number of hydrogen-bond acceptors (Lipinski definition) is 3. The van der Waals surface area contributed by atoms with Crippen LogP contribution in [0.1, 0.15) is 32.6 Å². The van der Waals surface area contributed by atoms with Gasteiger partial charge in [0.2, 0.25) is 15.9 Å². The van der Waals surface area contributed by atoms with E-state index in [0.29, 0.717) is 12.1 Å². The van der Waals surface area contributed by atoms with Gasteiger partial charge in [-0.05, 0) is 24.6 Å². The van der Waals surface area contributed by atoms with Crippen molar-refractivity contribution in [2.45, 2.75) is 37.5 Å². The zero-order valence-electron chi connectivity index (χ0n) is 10.3. The summed E-state index contributed by atoms with van der Waals surface area (Å²) >= 11 is 0. The number of anilines is 1. The lowest BCUT2D eigenvalue weighted by atomic mass is 10.2. The van der Waals surface area contributed by atoms with Crippen LogP contribution in [0, 0.1) is 0 Å². The van der Waals surface area contributed by atoms with E-state index in [1.165, 1.54) is 12.1 Å². The number of hydrogen-bond donors (Lipinski definition) is 2. The third-order valence-corrected chi connectivity index (χ3v) is 3.36. The third-order valence-electron chi connectivity index (χ3n) is 2.45. The van der Waals surface area contributed by atoms with Crippen LogP contribution >= 0.6 is 0 Å². The SMILES string of the molecule is CCCCCC(=O)Nc1cccc(S(N)(=O)=O)c1. The van der Waals surface area contributed by atoms with Crippen LogP contribution in [0.25, 0.3) is 0 Å². The molecule has 0 aliphatic rings. The molecule has 0 bridgehead atoms. The number of carbonyl (C=O) groups is 1. The number of unbranched alkanes of at least 4 members (excludes halogenated alkanes) is 2. The molecule has 100 valence electrons. The Morgan fingerprint density at radius 2 is 2.06 bits per heavy atom. The van der Waals surface area contributed by atoms with Gasteiger partial charge in [0.05, 0.1) is 4.90 Å². The second-order valence-electron chi connectivity index (χ2n) is 4.08.